The average molecular weight is 724 g/mol. The van der Waals surface area contributed by atoms with Crippen molar-refractivity contribution >= 4 is 65.5 Å². The predicted octanol–water partition coefficient (Wildman–Crippen LogP) is 4.19. The third kappa shape index (κ3) is 6.50. The molecule has 0 radical (unpaired) electrons. The number of hydrogen-bond acceptors (Lipinski definition) is 4. The fourth-order valence-electron chi connectivity index (χ4n) is 6.04. The molecule has 226 valence electrons. The Hall–Kier alpha value is -4.65. The number of carbonyl (C=O) groups is 2. The van der Waals surface area contributed by atoms with E-state index in [2.05, 4.69) is 0 Å². The summed E-state index contributed by atoms with van der Waals surface area (Å²) in [5.74, 6) is -0.823. The summed E-state index contributed by atoms with van der Waals surface area (Å²) >= 11 is -7.94. The Morgan fingerprint density at radius 1 is 0.326 bits per heavy atom. The topological polar surface area (TPSA) is 52.6 Å². The molecule has 0 unspecified atom stereocenters. The van der Waals surface area contributed by atoms with Crippen LogP contribution in [0.25, 0.3) is 0 Å². The molecule has 46 heavy (non-hydrogen) atoms. The SMILES string of the molecule is O=C(CCC(=O)[O][Ge]([c]1ccccc1)([c]1ccccc1)[c]1ccccc1)[O][Ge]([c]1ccccc1)([c]1ccccc1)[c]1ccccc1. The zero-order valence-electron chi connectivity index (χ0n) is 25.4. The van der Waals surface area contributed by atoms with Crippen LogP contribution in [0.2, 0.25) is 0 Å². The molecule has 6 aromatic carbocycles. The van der Waals surface area contributed by atoms with Gasteiger partial charge in [-0.1, -0.05) is 0 Å². The van der Waals surface area contributed by atoms with E-state index in [1.807, 2.05) is 182 Å². The Bertz CT molecular complexity index is 1520. The second kappa shape index (κ2) is 14.6. The first kappa shape index (κ1) is 31.3. The van der Waals surface area contributed by atoms with Crippen LogP contribution in [0.3, 0.4) is 0 Å². The summed E-state index contributed by atoms with van der Waals surface area (Å²) in [7, 11) is 0. The Kier molecular flexibility index (Phi) is 9.96. The molecule has 6 aromatic rings. The van der Waals surface area contributed by atoms with Gasteiger partial charge in [0, 0.05) is 0 Å². The third-order valence-electron chi connectivity index (χ3n) is 8.15. The first-order chi connectivity index (χ1) is 22.6. The van der Waals surface area contributed by atoms with Gasteiger partial charge in [0.05, 0.1) is 0 Å². The van der Waals surface area contributed by atoms with E-state index in [9.17, 15) is 9.59 Å². The van der Waals surface area contributed by atoms with Gasteiger partial charge in [-0.25, -0.2) is 0 Å². The normalized spacial score (nSPS) is 11.4. The maximum atomic E-state index is 13.9. The van der Waals surface area contributed by atoms with Crippen LogP contribution >= 0.6 is 0 Å². The Labute approximate surface area is 276 Å². The number of hydrogen-bond donors (Lipinski definition) is 0. The van der Waals surface area contributed by atoms with Gasteiger partial charge in [-0.2, -0.15) is 0 Å². The molecule has 0 aliphatic rings. The van der Waals surface area contributed by atoms with Gasteiger partial charge in [-0.15, -0.1) is 0 Å². The second-order valence-corrected chi connectivity index (χ2v) is 24.8. The monoisotopic (exact) mass is 726 g/mol. The quantitative estimate of drug-likeness (QED) is 0.189. The molecule has 0 heterocycles. The molecule has 0 aliphatic heterocycles. The van der Waals surface area contributed by atoms with Gasteiger partial charge in [0.2, 0.25) is 0 Å². The molecular formula is C40H34Ge2O4. The van der Waals surface area contributed by atoms with Crippen molar-refractivity contribution in [3.05, 3.63) is 182 Å². The molecule has 0 saturated heterocycles. The molecule has 0 amide bonds. The summed E-state index contributed by atoms with van der Waals surface area (Å²) in [6.45, 7) is 0. The summed E-state index contributed by atoms with van der Waals surface area (Å²) in [6, 6.07) is 60.1. The number of carbonyl (C=O) groups excluding carboxylic acids is 2. The van der Waals surface area contributed by atoms with Crippen LogP contribution in [-0.2, 0) is 17.1 Å². The van der Waals surface area contributed by atoms with Gasteiger partial charge < -0.3 is 0 Å². The van der Waals surface area contributed by atoms with Crippen LogP contribution in [0.15, 0.2) is 182 Å². The zero-order valence-corrected chi connectivity index (χ0v) is 29.6. The van der Waals surface area contributed by atoms with Crippen molar-refractivity contribution in [2.75, 3.05) is 0 Å². The average Bonchev–Trinajstić information content (AvgIpc) is 3.14. The molecule has 4 nitrogen and oxygen atoms in total. The van der Waals surface area contributed by atoms with E-state index >= 15 is 0 Å². The molecule has 0 aromatic heterocycles. The van der Waals surface area contributed by atoms with Gasteiger partial charge in [0.25, 0.3) is 0 Å². The molecule has 0 aliphatic carbocycles. The van der Waals surface area contributed by atoms with Gasteiger partial charge in [0.15, 0.2) is 0 Å². The van der Waals surface area contributed by atoms with E-state index in [0.717, 1.165) is 26.4 Å². The molecule has 0 saturated carbocycles. The third-order valence-corrected chi connectivity index (χ3v) is 24.8. The minimum absolute atomic E-state index is 0.0883. The van der Waals surface area contributed by atoms with Gasteiger partial charge in [-0.05, 0) is 0 Å². The summed E-state index contributed by atoms with van der Waals surface area (Å²) in [6.07, 6.45) is -0.177. The van der Waals surface area contributed by atoms with Crippen molar-refractivity contribution in [2.24, 2.45) is 0 Å². The fraction of sp³-hybridized carbons (Fsp3) is 0.0500. The van der Waals surface area contributed by atoms with Crippen molar-refractivity contribution in [3.63, 3.8) is 0 Å². The van der Waals surface area contributed by atoms with Crippen molar-refractivity contribution in [1.29, 1.82) is 0 Å². The van der Waals surface area contributed by atoms with Crippen molar-refractivity contribution in [2.45, 2.75) is 12.8 Å². The van der Waals surface area contributed by atoms with E-state index < -0.39 is 39.1 Å². The number of benzene rings is 6. The van der Waals surface area contributed by atoms with Gasteiger partial charge in [0.1, 0.15) is 0 Å². The zero-order chi connectivity index (χ0) is 31.7. The van der Waals surface area contributed by atoms with E-state index in [4.69, 9.17) is 7.53 Å². The van der Waals surface area contributed by atoms with Crippen LogP contribution in [0.4, 0.5) is 0 Å². The van der Waals surface area contributed by atoms with Crippen molar-refractivity contribution < 1.29 is 17.1 Å². The predicted molar refractivity (Wildman–Crippen MR) is 189 cm³/mol. The minimum atomic E-state index is -3.97. The molecule has 0 fully saturated rings. The van der Waals surface area contributed by atoms with Gasteiger partial charge in [-0.3, -0.25) is 0 Å². The summed E-state index contributed by atoms with van der Waals surface area (Å²) < 4.78 is 19.4. The van der Waals surface area contributed by atoms with E-state index in [0.29, 0.717) is 0 Å². The van der Waals surface area contributed by atoms with Crippen LogP contribution in [0, 0.1) is 0 Å². The van der Waals surface area contributed by atoms with Crippen LogP contribution in [0.1, 0.15) is 12.8 Å². The van der Waals surface area contributed by atoms with Crippen molar-refractivity contribution in [3.8, 4) is 0 Å². The Balaban J connectivity index is 1.32. The van der Waals surface area contributed by atoms with E-state index in [1.54, 1.807) is 0 Å². The summed E-state index contributed by atoms with van der Waals surface area (Å²) in [4.78, 5) is 27.8. The fourth-order valence-corrected chi connectivity index (χ4v) is 21.9. The van der Waals surface area contributed by atoms with Crippen LogP contribution in [-0.4, -0.2) is 39.1 Å². The first-order valence-electron chi connectivity index (χ1n) is 15.4. The molecular weight excluding hydrogens is 690 g/mol. The van der Waals surface area contributed by atoms with Gasteiger partial charge >= 0.3 is 277 Å². The molecule has 6 heteroatoms. The number of rotatable bonds is 11. The maximum absolute atomic E-state index is 13.9. The Morgan fingerprint density at radius 3 is 0.674 bits per heavy atom. The van der Waals surface area contributed by atoms with E-state index in [1.165, 1.54) is 0 Å². The van der Waals surface area contributed by atoms with Crippen molar-refractivity contribution in [1.82, 2.24) is 0 Å². The summed E-state index contributed by atoms with van der Waals surface area (Å²) in [5.41, 5.74) is 0. The standard InChI is InChI=1S/C40H34Ge2O4/c43-39(45-41(33-19-7-1-8-20-33,34-21-9-2-10-22-34)35-23-11-3-12-24-35)31-32-40(44)46-42(36-25-13-4-14-26-36,37-27-15-5-16-28-37)38-29-17-6-18-30-38/h1-30H,31-32H2. The first-order valence-corrected chi connectivity index (χ1v) is 23.4. The van der Waals surface area contributed by atoms with Crippen LogP contribution < -0.4 is 26.4 Å². The van der Waals surface area contributed by atoms with Crippen LogP contribution in [0.5, 0.6) is 0 Å². The molecule has 0 N–H and O–H groups in total. The molecule has 0 bridgehead atoms. The molecule has 0 atom stereocenters. The summed E-state index contributed by atoms with van der Waals surface area (Å²) in [5, 5.41) is 0. The second-order valence-electron chi connectivity index (χ2n) is 11.0. The molecule has 6 rings (SSSR count). The van der Waals surface area contributed by atoms with E-state index in [-0.39, 0.29) is 12.8 Å². The molecule has 0 spiro atoms. The Morgan fingerprint density at radius 2 is 0.500 bits per heavy atom.